The van der Waals surface area contributed by atoms with Crippen LogP contribution in [0.2, 0.25) is 0 Å². The maximum atomic E-state index is 12.5. The average Bonchev–Trinajstić information content (AvgIpc) is 2.69. The van der Waals surface area contributed by atoms with Gasteiger partial charge in [-0.05, 0) is 32.7 Å². The van der Waals surface area contributed by atoms with Crippen molar-refractivity contribution in [1.29, 1.82) is 0 Å². The Balaban J connectivity index is 2.04. The molecule has 0 aromatic rings. The van der Waals surface area contributed by atoms with Crippen LogP contribution in [-0.4, -0.2) is 56.9 Å². The summed E-state index contributed by atoms with van der Waals surface area (Å²) < 4.78 is 22.9. The van der Waals surface area contributed by atoms with Crippen LogP contribution >= 0.6 is 0 Å². The quantitative estimate of drug-likeness (QED) is 0.771. The van der Waals surface area contributed by atoms with Crippen molar-refractivity contribution in [3.63, 3.8) is 0 Å². The number of carbonyl (C=O) groups is 1. The zero-order valence-corrected chi connectivity index (χ0v) is 11.9. The maximum Gasteiger partial charge on any atom is 0.229 e. The van der Waals surface area contributed by atoms with E-state index in [4.69, 9.17) is 0 Å². The Morgan fingerprint density at radius 1 is 1.44 bits per heavy atom. The predicted octanol–water partition coefficient (Wildman–Crippen LogP) is 0.0216. The minimum atomic E-state index is -2.93. The highest BCUT2D eigenvalue weighted by molar-refractivity contribution is 7.91. The van der Waals surface area contributed by atoms with Crippen molar-refractivity contribution in [2.45, 2.75) is 32.2 Å². The van der Waals surface area contributed by atoms with Gasteiger partial charge in [0, 0.05) is 19.6 Å². The van der Waals surface area contributed by atoms with Gasteiger partial charge < -0.3 is 10.2 Å². The monoisotopic (exact) mass is 274 g/mol. The largest absolute Gasteiger partial charge is 0.341 e. The van der Waals surface area contributed by atoms with Crippen LogP contribution in [0.15, 0.2) is 0 Å². The zero-order valence-electron chi connectivity index (χ0n) is 11.1. The fraction of sp³-hybridized carbons (Fsp3) is 0.917. The molecular weight excluding hydrogens is 252 g/mol. The molecule has 0 aliphatic carbocycles. The molecule has 2 saturated heterocycles. The van der Waals surface area contributed by atoms with Crippen LogP contribution < -0.4 is 5.32 Å². The fourth-order valence-electron chi connectivity index (χ4n) is 2.91. The van der Waals surface area contributed by atoms with Crippen molar-refractivity contribution < 1.29 is 13.2 Å². The lowest BCUT2D eigenvalue weighted by molar-refractivity contribution is -0.142. The van der Waals surface area contributed by atoms with Crippen LogP contribution in [-0.2, 0) is 14.6 Å². The van der Waals surface area contributed by atoms with Gasteiger partial charge in [0.25, 0.3) is 0 Å². The van der Waals surface area contributed by atoms with E-state index in [0.29, 0.717) is 13.0 Å². The van der Waals surface area contributed by atoms with E-state index >= 15 is 0 Å². The molecule has 2 aliphatic rings. The molecule has 2 heterocycles. The lowest BCUT2D eigenvalue weighted by Gasteiger charge is -2.37. The Hall–Kier alpha value is -0.620. The summed E-state index contributed by atoms with van der Waals surface area (Å²) in [6, 6.07) is -0.138. The smallest absolute Gasteiger partial charge is 0.229 e. The molecule has 2 atom stereocenters. The lowest BCUT2D eigenvalue weighted by atomic mass is 9.81. The van der Waals surface area contributed by atoms with Crippen LogP contribution in [0.5, 0.6) is 0 Å². The third-order valence-corrected chi connectivity index (χ3v) is 5.94. The van der Waals surface area contributed by atoms with Gasteiger partial charge in [-0.3, -0.25) is 4.79 Å². The number of hydrogen-bond acceptors (Lipinski definition) is 4. The summed E-state index contributed by atoms with van der Waals surface area (Å²) in [6.45, 7) is 3.63. The van der Waals surface area contributed by atoms with Crippen molar-refractivity contribution in [1.82, 2.24) is 10.2 Å². The second-order valence-electron chi connectivity index (χ2n) is 5.81. The van der Waals surface area contributed by atoms with Gasteiger partial charge in [-0.1, -0.05) is 0 Å². The van der Waals surface area contributed by atoms with Gasteiger partial charge >= 0.3 is 0 Å². The Bertz CT molecular complexity index is 427. The van der Waals surface area contributed by atoms with E-state index in [1.165, 1.54) is 0 Å². The van der Waals surface area contributed by atoms with Gasteiger partial charge in [0.05, 0.1) is 16.9 Å². The first kappa shape index (κ1) is 13.8. The molecule has 0 bridgehead atoms. The summed E-state index contributed by atoms with van der Waals surface area (Å²) in [5.41, 5.74) is -0.376. The van der Waals surface area contributed by atoms with Crippen LogP contribution in [0.1, 0.15) is 26.2 Å². The van der Waals surface area contributed by atoms with Gasteiger partial charge in [-0.25, -0.2) is 8.42 Å². The second kappa shape index (κ2) is 4.81. The van der Waals surface area contributed by atoms with Crippen LogP contribution in [0.25, 0.3) is 0 Å². The van der Waals surface area contributed by atoms with Crippen molar-refractivity contribution >= 4 is 15.7 Å². The van der Waals surface area contributed by atoms with Gasteiger partial charge in [-0.2, -0.15) is 0 Å². The number of hydrogen-bond donors (Lipinski definition) is 1. The van der Waals surface area contributed by atoms with E-state index < -0.39 is 9.84 Å². The van der Waals surface area contributed by atoms with E-state index in [2.05, 4.69) is 5.32 Å². The number of piperidine rings is 1. The second-order valence-corrected chi connectivity index (χ2v) is 8.04. The molecule has 0 radical (unpaired) electrons. The highest BCUT2D eigenvalue weighted by Gasteiger charge is 2.41. The first-order valence-corrected chi connectivity index (χ1v) is 8.35. The van der Waals surface area contributed by atoms with E-state index in [-0.39, 0.29) is 28.9 Å². The average molecular weight is 274 g/mol. The molecule has 0 aromatic carbocycles. The fourth-order valence-corrected chi connectivity index (χ4v) is 4.69. The summed E-state index contributed by atoms with van der Waals surface area (Å²) in [4.78, 5) is 14.2. The molecule has 2 unspecified atom stereocenters. The molecule has 1 N–H and O–H groups in total. The van der Waals surface area contributed by atoms with Crippen molar-refractivity contribution in [2.75, 3.05) is 31.6 Å². The zero-order chi connectivity index (χ0) is 13.4. The molecular formula is C12H22N2O3S. The molecule has 5 nitrogen and oxygen atoms in total. The third kappa shape index (κ3) is 2.69. The maximum absolute atomic E-state index is 12.5. The molecule has 2 rings (SSSR count). The summed E-state index contributed by atoms with van der Waals surface area (Å²) in [5.74, 6) is 0.417. The van der Waals surface area contributed by atoms with E-state index in [1.54, 1.807) is 11.9 Å². The highest BCUT2D eigenvalue weighted by atomic mass is 32.2. The van der Waals surface area contributed by atoms with Crippen molar-refractivity contribution in [3.8, 4) is 0 Å². The number of carbonyl (C=O) groups excluding carboxylic acids is 1. The minimum absolute atomic E-state index is 0.0804. The molecule has 0 spiro atoms. The Kier molecular flexibility index (Phi) is 3.69. The molecule has 0 aromatic heterocycles. The van der Waals surface area contributed by atoms with Crippen LogP contribution in [0.4, 0.5) is 0 Å². The Morgan fingerprint density at radius 2 is 2.17 bits per heavy atom. The summed E-state index contributed by atoms with van der Waals surface area (Å²) in [6.07, 6.45) is 2.45. The standard InChI is InChI=1S/C12H22N2O3S/c1-12(5-3-6-13-9-12)11(15)14(2)10-4-7-18(16,17)8-10/h10,13H,3-9H2,1-2H3. The predicted molar refractivity (Wildman–Crippen MR) is 70.0 cm³/mol. The van der Waals surface area contributed by atoms with Gasteiger partial charge in [0.15, 0.2) is 9.84 Å². The molecule has 6 heteroatoms. The molecule has 2 aliphatic heterocycles. The number of sulfone groups is 1. The van der Waals surface area contributed by atoms with E-state index in [9.17, 15) is 13.2 Å². The highest BCUT2D eigenvalue weighted by Crippen LogP contribution is 2.29. The number of nitrogens with one attached hydrogen (secondary N) is 1. The molecule has 2 fully saturated rings. The summed E-state index contributed by atoms with van der Waals surface area (Å²) >= 11 is 0. The Labute approximate surface area is 109 Å². The number of rotatable bonds is 2. The minimum Gasteiger partial charge on any atom is -0.341 e. The van der Waals surface area contributed by atoms with E-state index in [0.717, 1.165) is 19.4 Å². The SMILES string of the molecule is CN(C(=O)C1(C)CCCNC1)C1CCS(=O)(=O)C1. The van der Waals surface area contributed by atoms with Gasteiger partial charge in [0.1, 0.15) is 0 Å². The topological polar surface area (TPSA) is 66.5 Å². The molecule has 1 amide bonds. The Morgan fingerprint density at radius 3 is 2.67 bits per heavy atom. The molecule has 104 valence electrons. The number of nitrogens with zero attached hydrogens (tertiary/aromatic N) is 1. The summed E-state index contributed by atoms with van der Waals surface area (Å²) in [7, 11) is -1.19. The van der Waals surface area contributed by atoms with Gasteiger partial charge in [-0.15, -0.1) is 0 Å². The number of amides is 1. The third-order valence-electron chi connectivity index (χ3n) is 4.19. The van der Waals surface area contributed by atoms with Crippen LogP contribution in [0.3, 0.4) is 0 Å². The first-order chi connectivity index (χ1) is 8.34. The lowest BCUT2D eigenvalue weighted by Crippen LogP contribution is -2.52. The van der Waals surface area contributed by atoms with Crippen LogP contribution in [0, 0.1) is 5.41 Å². The first-order valence-electron chi connectivity index (χ1n) is 6.52. The van der Waals surface area contributed by atoms with Crippen molar-refractivity contribution in [3.05, 3.63) is 0 Å². The van der Waals surface area contributed by atoms with E-state index in [1.807, 2.05) is 6.92 Å². The summed E-state index contributed by atoms with van der Waals surface area (Å²) in [5, 5.41) is 3.25. The van der Waals surface area contributed by atoms with Gasteiger partial charge in [0.2, 0.25) is 5.91 Å². The van der Waals surface area contributed by atoms with Crippen molar-refractivity contribution in [2.24, 2.45) is 5.41 Å². The molecule has 0 saturated carbocycles. The molecule has 18 heavy (non-hydrogen) atoms. The normalized spacial score (nSPS) is 35.3.